The third-order valence-electron chi connectivity index (χ3n) is 6.04. The van der Waals surface area contributed by atoms with Crippen LogP contribution in [-0.2, 0) is 0 Å². The molecule has 0 aliphatic rings. The first-order valence-corrected chi connectivity index (χ1v) is 11.3. The normalized spacial score (nSPS) is 10.7. The van der Waals surface area contributed by atoms with E-state index in [0.29, 0.717) is 22.5 Å². The lowest BCUT2D eigenvalue weighted by Gasteiger charge is -2.15. The molecular formula is C30H16N6. The lowest BCUT2D eigenvalue weighted by molar-refractivity contribution is 1.28. The SMILES string of the molecule is N#Cc1ccc(-c2cnc3ccccc3n2)c(-c2cc(C#N)ccc2-c2cnc3ccccc3n2)c1. The molecule has 0 atom stereocenters. The smallest absolute Gasteiger partial charge is 0.0991 e. The summed E-state index contributed by atoms with van der Waals surface area (Å²) in [6.07, 6.45) is 3.47. The van der Waals surface area contributed by atoms with Crippen LogP contribution in [0.25, 0.3) is 55.7 Å². The van der Waals surface area contributed by atoms with E-state index in [2.05, 4.69) is 22.1 Å². The molecule has 6 rings (SSSR count). The number of benzene rings is 4. The third kappa shape index (κ3) is 3.69. The molecule has 0 spiro atoms. The van der Waals surface area contributed by atoms with Gasteiger partial charge >= 0.3 is 0 Å². The lowest BCUT2D eigenvalue weighted by Crippen LogP contribution is -1.96. The molecular weight excluding hydrogens is 444 g/mol. The summed E-state index contributed by atoms with van der Waals surface area (Å²) in [6.45, 7) is 0. The van der Waals surface area contributed by atoms with Gasteiger partial charge in [0.05, 0.1) is 69.1 Å². The fourth-order valence-corrected chi connectivity index (χ4v) is 4.29. The van der Waals surface area contributed by atoms with Gasteiger partial charge in [-0.05, 0) is 59.7 Å². The van der Waals surface area contributed by atoms with Crippen LogP contribution in [0.3, 0.4) is 0 Å². The van der Waals surface area contributed by atoms with Gasteiger partial charge in [-0.3, -0.25) is 9.97 Å². The number of hydrogen-bond acceptors (Lipinski definition) is 6. The van der Waals surface area contributed by atoms with Crippen LogP contribution in [0.1, 0.15) is 11.1 Å². The Morgan fingerprint density at radius 1 is 0.472 bits per heavy atom. The summed E-state index contributed by atoms with van der Waals surface area (Å²) in [5.74, 6) is 0. The average Bonchev–Trinajstić information content (AvgIpc) is 2.96. The molecule has 6 nitrogen and oxygen atoms in total. The van der Waals surface area contributed by atoms with Crippen molar-refractivity contribution in [3.05, 3.63) is 108 Å². The molecule has 0 amide bonds. The molecule has 0 unspecified atom stereocenters. The lowest BCUT2D eigenvalue weighted by atomic mass is 9.90. The van der Waals surface area contributed by atoms with E-state index in [-0.39, 0.29) is 0 Å². The Morgan fingerprint density at radius 2 is 0.889 bits per heavy atom. The van der Waals surface area contributed by atoms with Gasteiger partial charge in [0.15, 0.2) is 0 Å². The second-order valence-electron chi connectivity index (χ2n) is 8.23. The zero-order valence-corrected chi connectivity index (χ0v) is 18.9. The predicted octanol–water partition coefficient (Wildman–Crippen LogP) is 6.32. The fourth-order valence-electron chi connectivity index (χ4n) is 4.29. The molecule has 6 heteroatoms. The number of nitriles is 2. The minimum absolute atomic E-state index is 0.500. The first-order chi connectivity index (χ1) is 17.7. The summed E-state index contributed by atoms with van der Waals surface area (Å²) in [6, 6.07) is 30.7. The van der Waals surface area contributed by atoms with Crippen LogP contribution in [0, 0.1) is 22.7 Å². The molecule has 2 aromatic heterocycles. The Hall–Kier alpha value is -5.46. The number of rotatable bonds is 3. The van der Waals surface area contributed by atoms with Gasteiger partial charge in [-0.1, -0.05) is 36.4 Å². The van der Waals surface area contributed by atoms with Crippen LogP contribution in [-0.4, -0.2) is 19.9 Å². The molecule has 0 saturated heterocycles. The van der Waals surface area contributed by atoms with Gasteiger partial charge in [-0.15, -0.1) is 0 Å². The summed E-state index contributed by atoms with van der Waals surface area (Å²) in [4.78, 5) is 18.8. The van der Waals surface area contributed by atoms with Crippen molar-refractivity contribution in [1.29, 1.82) is 10.5 Å². The molecule has 0 fully saturated rings. The van der Waals surface area contributed by atoms with Gasteiger partial charge in [0, 0.05) is 11.1 Å². The van der Waals surface area contributed by atoms with E-state index < -0.39 is 0 Å². The molecule has 0 saturated carbocycles. The van der Waals surface area contributed by atoms with Crippen molar-refractivity contribution in [3.63, 3.8) is 0 Å². The van der Waals surface area contributed by atoms with Crippen molar-refractivity contribution in [2.75, 3.05) is 0 Å². The van der Waals surface area contributed by atoms with Gasteiger partial charge in [-0.25, -0.2) is 9.97 Å². The molecule has 0 N–H and O–H groups in total. The highest BCUT2D eigenvalue weighted by Crippen LogP contribution is 2.38. The number of fused-ring (bicyclic) bond motifs is 2. The zero-order valence-electron chi connectivity index (χ0n) is 18.9. The van der Waals surface area contributed by atoms with E-state index in [0.717, 1.165) is 44.3 Å². The number of hydrogen-bond donors (Lipinski definition) is 0. The predicted molar refractivity (Wildman–Crippen MR) is 138 cm³/mol. The van der Waals surface area contributed by atoms with Gasteiger partial charge < -0.3 is 0 Å². The molecule has 166 valence electrons. The van der Waals surface area contributed by atoms with Crippen molar-refractivity contribution in [2.24, 2.45) is 0 Å². The minimum Gasteiger partial charge on any atom is -0.252 e. The van der Waals surface area contributed by atoms with E-state index in [1.54, 1.807) is 24.5 Å². The van der Waals surface area contributed by atoms with Crippen LogP contribution in [0.2, 0.25) is 0 Å². The number of para-hydroxylation sites is 4. The van der Waals surface area contributed by atoms with Crippen LogP contribution >= 0.6 is 0 Å². The first-order valence-electron chi connectivity index (χ1n) is 11.3. The molecule has 0 bridgehead atoms. The molecule has 0 aliphatic carbocycles. The summed E-state index contributed by atoms with van der Waals surface area (Å²) in [5.41, 5.74) is 8.63. The second-order valence-corrected chi connectivity index (χ2v) is 8.23. The number of aromatic nitrogens is 4. The van der Waals surface area contributed by atoms with Crippen LogP contribution in [0.5, 0.6) is 0 Å². The summed E-state index contributed by atoms with van der Waals surface area (Å²) >= 11 is 0. The van der Waals surface area contributed by atoms with E-state index in [1.165, 1.54) is 0 Å². The highest BCUT2D eigenvalue weighted by atomic mass is 14.8. The van der Waals surface area contributed by atoms with Crippen molar-refractivity contribution in [2.45, 2.75) is 0 Å². The Kier molecular flexibility index (Phi) is 5.11. The standard InChI is InChI=1S/C30H16N6/c31-15-19-9-11-21(29-17-33-25-5-1-3-7-27(25)35-29)23(13-19)24-14-20(16-32)10-12-22(24)30-18-34-26-6-2-4-8-28(26)36-30/h1-14,17-18H. The van der Waals surface area contributed by atoms with Gasteiger partial charge in [0.1, 0.15) is 0 Å². The van der Waals surface area contributed by atoms with Crippen molar-refractivity contribution >= 4 is 22.1 Å². The molecule has 36 heavy (non-hydrogen) atoms. The Balaban J connectivity index is 1.62. The van der Waals surface area contributed by atoms with Gasteiger partial charge in [-0.2, -0.15) is 10.5 Å². The average molecular weight is 461 g/mol. The van der Waals surface area contributed by atoms with Crippen LogP contribution in [0.4, 0.5) is 0 Å². The first kappa shape index (κ1) is 21.1. The van der Waals surface area contributed by atoms with Crippen LogP contribution < -0.4 is 0 Å². The summed E-state index contributed by atoms with van der Waals surface area (Å²) in [7, 11) is 0. The summed E-state index contributed by atoms with van der Waals surface area (Å²) < 4.78 is 0. The highest BCUT2D eigenvalue weighted by Gasteiger charge is 2.17. The maximum Gasteiger partial charge on any atom is 0.0991 e. The molecule has 2 heterocycles. The van der Waals surface area contributed by atoms with E-state index >= 15 is 0 Å². The maximum atomic E-state index is 9.66. The molecule has 0 aliphatic heterocycles. The third-order valence-corrected chi connectivity index (χ3v) is 6.04. The Morgan fingerprint density at radius 3 is 1.31 bits per heavy atom. The van der Waals surface area contributed by atoms with Gasteiger partial charge in [0.2, 0.25) is 0 Å². The molecule has 6 aromatic rings. The highest BCUT2D eigenvalue weighted by molar-refractivity contribution is 5.92. The maximum absolute atomic E-state index is 9.66. The monoisotopic (exact) mass is 460 g/mol. The van der Waals surface area contributed by atoms with E-state index in [4.69, 9.17) is 9.97 Å². The zero-order chi connectivity index (χ0) is 24.5. The van der Waals surface area contributed by atoms with Gasteiger partial charge in [0.25, 0.3) is 0 Å². The summed E-state index contributed by atoms with van der Waals surface area (Å²) in [5, 5.41) is 19.3. The van der Waals surface area contributed by atoms with Crippen molar-refractivity contribution < 1.29 is 0 Å². The Bertz CT molecular complexity index is 1740. The quantitative estimate of drug-likeness (QED) is 0.306. The molecule has 4 aromatic carbocycles. The van der Waals surface area contributed by atoms with E-state index in [9.17, 15) is 10.5 Å². The Labute approximate surface area is 206 Å². The number of nitrogens with zero attached hydrogens (tertiary/aromatic N) is 6. The van der Waals surface area contributed by atoms with Crippen molar-refractivity contribution in [3.8, 4) is 45.8 Å². The minimum atomic E-state index is 0.500. The van der Waals surface area contributed by atoms with Crippen LogP contribution in [0.15, 0.2) is 97.3 Å². The fraction of sp³-hybridized carbons (Fsp3) is 0. The topological polar surface area (TPSA) is 99.1 Å². The van der Waals surface area contributed by atoms with Crippen molar-refractivity contribution in [1.82, 2.24) is 19.9 Å². The molecule has 0 radical (unpaired) electrons. The largest absolute Gasteiger partial charge is 0.252 e. The van der Waals surface area contributed by atoms with E-state index in [1.807, 2.05) is 72.8 Å². The second kappa shape index (κ2) is 8.72.